The highest BCUT2D eigenvalue weighted by Crippen LogP contribution is 2.10. The summed E-state index contributed by atoms with van der Waals surface area (Å²) in [4.78, 5) is 13.1. The second kappa shape index (κ2) is 10.1. The van der Waals surface area contributed by atoms with Gasteiger partial charge in [-0.25, -0.2) is 4.79 Å². The Morgan fingerprint density at radius 3 is 2.55 bits per heavy atom. The molecule has 0 bridgehead atoms. The van der Waals surface area contributed by atoms with Crippen LogP contribution in [0.4, 0.5) is 5.69 Å². The number of likely N-dealkylation sites (N-methyl/N-ethyl adjacent to an activating group) is 1. The van der Waals surface area contributed by atoms with E-state index in [0.29, 0.717) is 17.3 Å². The van der Waals surface area contributed by atoms with Gasteiger partial charge in [0, 0.05) is 5.69 Å². The van der Waals surface area contributed by atoms with E-state index in [9.17, 15) is 4.79 Å². The lowest BCUT2D eigenvalue weighted by atomic mass is 10.2. The van der Waals surface area contributed by atoms with Crippen LogP contribution in [-0.4, -0.2) is 44.9 Å². The van der Waals surface area contributed by atoms with Crippen molar-refractivity contribution < 1.29 is 14.4 Å². The summed E-state index contributed by atoms with van der Waals surface area (Å²) in [5.41, 5.74) is 1.40. The number of anilines is 1. The van der Waals surface area contributed by atoms with Crippen molar-refractivity contribution in [3.05, 3.63) is 29.8 Å². The van der Waals surface area contributed by atoms with Crippen LogP contribution < -0.4 is 15.5 Å². The van der Waals surface area contributed by atoms with Crippen molar-refractivity contribution in [2.45, 2.75) is 19.8 Å². The summed E-state index contributed by atoms with van der Waals surface area (Å²) < 4.78 is 5.17. The third kappa shape index (κ3) is 7.38. The first kappa shape index (κ1) is 18.4. The lowest BCUT2D eigenvalue weighted by Crippen LogP contribution is -3.06. The fourth-order valence-electron chi connectivity index (χ4n) is 1.68. The quantitative estimate of drug-likeness (QED) is 0.379. The van der Waals surface area contributed by atoms with Gasteiger partial charge in [0.05, 0.1) is 39.4 Å². The van der Waals surface area contributed by atoms with Gasteiger partial charge >= 0.3 is 5.97 Å². The number of thiocarbonyl (C=S) groups is 1. The number of nitrogens with one attached hydrogen (secondary N) is 3. The number of hydrogen-bond acceptors (Lipinski definition) is 3. The van der Waals surface area contributed by atoms with E-state index in [4.69, 9.17) is 17.0 Å². The van der Waals surface area contributed by atoms with Crippen LogP contribution in [0.3, 0.4) is 0 Å². The molecule has 0 fully saturated rings. The Morgan fingerprint density at radius 2 is 1.95 bits per heavy atom. The normalized spacial score (nSPS) is 10.4. The van der Waals surface area contributed by atoms with E-state index < -0.39 is 0 Å². The lowest BCUT2D eigenvalue weighted by Gasteiger charge is -2.12. The molecule has 0 spiro atoms. The largest absolute Gasteiger partial charge is 0.462 e. The Morgan fingerprint density at radius 1 is 1.27 bits per heavy atom. The van der Waals surface area contributed by atoms with E-state index >= 15 is 0 Å². The predicted octanol–water partition coefficient (Wildman–Crippen LogP) is 1.07. The lowest BCUT2D eigenvalue weighted by molar-refractivity contribution is -0.856. The molecule has 1 aromatic carbocycles. The van der Waals surface area contributed by atoms with Crippen molar-refractivity contribution in [2.75, 3.05) is 39.1 Å². The number of carbonyl (C=O) groups excluding carboxylic acids is 1. The van der Waals surface area contributed by atoms with Crippen molar-refractivity contribution in [3.63, 3.8) is 0 Å². The van der Waals surface area contributed by atoms with E-state index in [0.717, 1.165) is 31.6 Å². The highest BCUT2D eigenvalue weighted by atomic mass is 32.1. The SMILES string of the molecule is CCCCOC(=O)c1ccc(NC(=S)NCC[NH+](C)C)cc1. The monoisotopic (exact) mass is 324 g/mol. The molecule has 6 heteroatoms. The van der Waals surface area contributed by atoms with Gasteiger partial charge in [-0.3, -0.25) is 0 Å². The average molecular weight is 324 g/mol. The fourth-order valence-corrected chi connectivity index (χ4v) is 1.90. The van der Waals surface area contributed by atoms with Gasteiger partial charge in [0.2, 0.25) is 0 Å². The highest BCUT2D eigenvalue weighted by Gasteiger charge is 2.07. The minimum absolute atomic E-state index is 0.283. The molecular formula is C16H26N3O2S+. The van der Waals surface area contributed by atoms with Crippen LogP contribution in [0.15, 0.2) is 24.3 Å². The van der Waals surface area contributed by atoms with Crippen LogP contribution in [0.2, 0.25) is 0 Å². The maximum atomic E-state index is 11.8. The van der Waals surface area contributed by atoms with E-state index in [1.54, 1.807) is 12.1 Å². The van der Waals surface area contributed by atoms with E-state index in [1.807, 2.05) is 12.1 Å². The van der Waals surface area contributed by atoms with Crippen molar-refractivity contribution in [2.24, 2.45) is 0 Å². The number of carbonyl (C=O) groups is 1. The maximum Gasteiger partial charge on any atom is 0.338 e. The number of esters is 1. The van der Waals surface area contributed by atoms with E-state index in [2.05, 4.69) is 31.7 Å². The molecule has 22 heavy (non-hydrogen) atoms. The number of unbranched alkanes of at least 4 members (excludes halogenated alkanes) is 1. The molecule has 0 amide bonds. The van der Waals surface area contributed by atoms with Crippen LogP contribution in [-0.2, 0) is 4.74 Å². The Bertz CT molecular complexity index is 475. The zero-order valence-electron chi connectivity index (χ0n) is 13.6. The van der Waals surface area contributed by atoms with Gasteiger partial charge in [0.15, 0.2) is 5.11 Å². The van der Waals surface area contributed by atoms with Crippen molar-refractivity contribution in [1.29, 1.82) is 0 Å². The molecular weight excluding hydrogens is 298 g/mol. The molecule has 0 atom stereocenters. The third-order valence-corrected chi connectivity index (χ3v) is 3.27. The van der Waals surface area contributed by atoms with Gasteiger partial charge in [-0.2, -0.15) is 0 Å². The Labute approximate surface area is 138 Å². The highest BCUT2D eigenvalue weighted by molar-refractivity contribution is 7.80. The molecule has 0 aliphatic rings. The Balaban J connectivity index is 2.40. The third-order valence-electron chi connectivity index (χ3n) is 3.02. The Hall–Kier alpha value is -1.66. The minimum atomic E-state index is -0.283. The molecule has 0 aliphatic carbocycles. The summed E-state index contributed by atoms with van der Waals surface area (Å²) in [6.07, 6.45) is 1.90. The molecule has 5 nitrogen and oxygen atoms in total. The molecule has 0 heterocycles. The molecule has 0 radical (unpaired) electrons. The van der Waals surface area contributed by atoms with Gasteiger partial charge in [0.1, 0.15) is 0 Å². The zero-order chi connectivity index (χ0) is 16.4. The van der Waals surface area contributed by atoms with Crippen LogP contribution >= 0.6 is 12.2 Å². The van der Waals surface area contributed by atoms with Gasteiger partial charge in [-0.1, -0.05) is 13.3 Å². The fraction of sp³-hybridized carbons (Fsp3) is 0.500. The van der Waals surface area contributed by atoms with Gasteiger partial charge < -0.3 is 20.3 Å². The summed E-state index contributed by atoms with van der Waals surface area (Å²) in [7, 11) is 4.19. The summed E-state index contributed by atoms with van der Waals surface area (Å²) in [5.74, 6) is -0.283. The molecule has 0 aliphatic heterocycles. The number of rotatable bonds is 8. The van der Waals surface area contributed by atoms with Gasteiger partial charge in [-0.15, -0.1) is 0 Å². The number of quaternary nitrogens is 1. The topological polar surface area (TPSA) is 54.8 Å². The molecule has 1 rings (SSSR count). The first-order valence-electron chi connectivity index (χ1n) is 7.64. The smallest absolute Gasteiger partial charge is 0.338 e. The first-order chi connectivity index (χ1) is 10.5. The average Bonchev–Trinajstić information content (AvgIpc) is 2.47. The number of hydrogen-bond donors (Lipinski definition) is 3. The van der Waals surface area contributed by atoms with Crippen LogP contribution in [0.1, 0.15) is 30.1 Å². The Kier molecular flexibility index (Phi) is 8.47. The van der Waals surface area contributed by atoms with Crippen molar-refractivity contribution in [1.82, 2.24) is 5.32 Å². The predicted molar refractivity (Wildman–Crippen MR) is 93.5 cm³/mol. The summed E-state index contributed by atoms with van der Waals surface area (Å²) in [6, 6.07) is 7.12. The van der Waals surface area contributed by atoms with Gasteiger partial charge in [0.25, 0.3) is 0 Å². The number of benzene rings is 1. The summed E-state index contributed by atoms with van der Waals surface area (Å²) >= 11 is 5.22. The second-order valence-electron chi connectivity index (χ2n) is 5.40. The molecule has 122 valence electrons. The molecule has 0 saturated carbocycles. The van der Waals surface area contributed by atoms with E-state index in [-0.39, 0.29) is 5.97 Å². The second-order valence-corrected chi connectivity index (χ2v) is 5.81. The minimum Gasteiger partial charge on any atom is -0.462 e. The molecule has 3 N–H and O–H groups in total. The molecule has 0 saturated heterocycles. The molecule has 1 aromatic rings. The van der Waals surface area contributed by atoms with Crippen LogP contribution in [0.25, 0.3) is 0 Å². The van der Waals surface area contributed by atoms with Gasteiger partial charge in [-0.05, 0) is 42.9 Å². The number of ether oxygens (including phenoxy) is 1. The zero-order valence-corrected chi connectivity index (χ0v) is 14.4. The standard InChI is InChI=1S/C16H25N3O2S/c1-4-5-12-21-15(20)13-6-8-14(9-7-13)18-16(22)17-10-11-19(2)3/h6-9H,4-5,10-12H2,1-3H3,(H2,17,18,22)/p+1. The van der Waals surface area contributed by atoms with Crippen LogP contribution in [0.5, 0.6) is 0 Å². The first-order valence-corrected chi connectivity index (χ1v) is 8.04. The maximum absolute atomic E-state index is 11.8. The summed E-state index contributed by atoms with van der Waals surface area (Å²) in [5, 5.41) is 6.82. The molecule has 0 aromatic heterocycles. The summed E-state index contributed by atoms with van der Waals surface area (Å²) in [6.45, 7) is 4.34. The molecule has 0 unspecified atom stereocenters. The van der Waals surface area contributed by atoms with Crippen LogP contribution in [0, 0.1) is 0 Å². The van der Waals surface area contributed by atoms with Crippen molar-refractivity contribution in [3.8, 4) is 0 Å². The van der Waals surface area contributed by atoms with Crippen molar-refractivity contribution >= 4 is 29.0 Å². The van der Waals surface area contributed by atoms with E-state index in [1.165, 1.54) is 4.90 Å².